The molecule has 21 heavy (non-hydrogen) atoms. The molecule has 3 rings (SSSR count). The molecule has 1 atom stereocenters. The van der Waals surface area contributed by atoms with Gasteiger partial charge >= 0.3 is 0 Å². The van der Waals surface area contributed by atoms with Gasteiger partial charge in [-0.1, -0.05) is 18.2 Å². The Morgan fingerprint density at radius 2 is 1.76 bits per heavy atom. The van der Waals surface area contributed by atoms with Crippen LogP contribution in [-0.4, -0.2) is 20.7 Å². The fraction of sp³-hybridized carbons (Fsp3) is 0.250. The first kappa shape index (κ1) is 14.5. The molecule has 0 fully saturated rings. The minimum atomic E-state index is -3.50. The number of fused-ring (bicyclic) bond motifs is 1. The zero-order valence-corrected chi connectivity index (χ0v) is 13.6. The van der Waals surface area contributed by atoms with Crippen LogP contribution in [0.5, 0.6) is 0 Å². The van der Waals surface area contributed by atoms with Gasteiger partial charge in [0.2, 0.25) is 0 Å². The third-order valence-corrected chi connectivity index (χ3v) is 6.45. The van der Waals surface area contributed by atoms with Gasteiger partial charge in [-0.05, 0) is 55.5 Å². The molecule has 1 aliphatic rings. The van der Waals surface area contributed by atoms with E-state index in [0.29, 0.717) is 4.90 Å². The Morgan fingerprint density at radius 1 is 1.10 bits per heavy atom. The Labute approximate surface area is 130 Å². The van der Waals surface area contributed by atoms with Crippen LogP contribution in [0.15, 0.2) is 58.3 Å². The molecular formula is C16H17NO2S2. The highest BCUT2D eigenvalue weighted by atomic mass is 32.2. The SMILES string of the molecule is CSc1ccc(S(=O)(=O)N2c3ccccc3C[C@@H]2C)cc1. The van der Waals surface area contributed by atoms with E-state index in [1.807, 2.05) is 49.6 Å². The Morgan fingerprint density at radius 3 is 2.43 bits per heavy atom. The topological polar surface area (TPSA) is 37.4 Å². The molecule has 0 N–H and O–H groups in total. The van der Waals surface area contributed by atoms with E-state index in [9.17, 15) is 8.42 Å². The molecule has 1 heterocycles. The zero-order valence-electron chi connectivity index (χ0n) is 12.0. The van der Waals surface area contributed by atoms with Crippen LogP contribution in [0, 0.1) is 0 Å². The Bertz CT molecular complexity index is 754. The van der Waals surface area contributed by atoms with Crippen LogP contribution in [-0.2, 0) is 16.4 Å². The van der Waals surface area contributed by atoms with Crippen molar-refractivity contribution in [1.82, 2.24) is 0 Å². The van der Waals surface area contributed by atoms with Gasteiger partial charge < -0.3 is 0 Å². The molecule has 2 aromatic rings. The summed E-state index contributed by atoms with van der Waals surface area (Å²) in [6.45, 7) is 1.95. The maximum absolute atomic E-state index is 12.9. The molecule has 2 aromatic carbocycles. The second-order valence-electron chi connectivity index (χ2n) is 5.16. The number of para-hydroxylation sites is 1. The monoisotopic (exact) mass is 319 g/mol. The van der Waals surface area contributed by atoms with Gasteiger partial charge in [0.1, 0.15) is 0 Å². The highest BCUT2D eigenvalue weighted by molar-refractivity contribution is 7.98. The first-order chi connectivity index (χ1) is 10.0. The van der Waals surface area contributed by atoms with Crippen molar-refractivity contribution in [2.75, 3.05) is 10.6 Å². The lowest BCUT2D eigenvalue weighted by Crippen LogP contribution is -2.35. The molecule has 110 valence electrons. The van der Waals surface area contributed by atoms with Crippen molar-refractivity contribution < 1.29 is 8.42 Å². The molecule has 0 radical (unpaired) electrons. The average molecular weight is 319 g/mol. The van der Waals surface area contributed by atoms with Gasteiger partial charge in [0.05, 0.1) is 10.6 Å². The summed E-state index contributed by atoms with van der Waals surface area (Å²) in [4.78, 5) is 1.41. The van der Waals surface area contributed by atoms with Crippen LogP contribution in [0.2, 0.25) is 0 Å². The summed E-state index contributed by atoms with van der Waals surface area (Å²) in [6.07, 6.45) is 2.74. The van der Waals surface area contributed by atoms with Crippen molar-refractivity contribution in [3.05, 3.63) is 54.1 Å². The van der Waals surface area contributed by atoms with Crippen LogP contribution < -0.4 is 4.31 Å². The number of benzene rings is 2. The Kier molecular flexibility index (Phi) is 3.71. The quantitative estimate of drug-likeness (QED) is 0.812. The molecule has 0 spiro atoms. The third kappa shape index (κ3) is 2.45. The fourth-order valence-corrected chi connectivity index (χ4v) is 4.87. The highest BCUT2D eigenvalue weighted by Gasteiger charge is 2.35. The zero-order chi connectivity index (χ0) is 15.0. The summed E-state index contributed by atoms with van der Waals surface area (Å²) in [5, 5.41) is 0. The third-order valence-electron chi connectivity index (χ3n) is 3.76. The van der Waals surface area contributed by atoms with Crippen LogP contribution in [0.1, 0.15) is 12.5 Å². The van der Waals surface area contributed by atoms with Gasteiger partial charge in [-0.15, -0.1) is 11.8 Å². The molecule has 0 saturated carbocycles. The largest absolute Gasteiger partial charge is 0.264 e. The predicted molar refractivity (Wildman–Crippen MR) is 87.5 cm³/mol. The second kappa shape index (κ2) is 5.39. The Balaban J connectivity index is 2.05. The molecule has 0 aromatic heterocycles. The number of anilines is 1. The van der Waals surface area contributed by atoms with Crippen molar-refractivity contribution in [2.24, 2.45) is 0 Å². The van der Waals surface area contributed by atoms with Crippen molar-refractivity contribution in [1.29, 1.82) is 0 Å². The molecule has 5 heteroatoms. The summed E-state index contributed by atoms with van der Waals surface area (Å²) in [5.41, 5.74) is 1.90. The Hall–Kier alpha value is -1.46. The number of hydrogen-bond donors (Lipinski definition) is 0. The van der Waals surface area contributed by atoms with E-state index in [1.54, 1.807) is 28.2 Å². The van der Waals surface area contributed by atoms with E-state index in [2.05, 4.69) is 0 Å². The number of thioether (sulfide) groups is 1. The summed E-state index contributed by atoms with van der Waals surface area (Å²) in [7, 11) is -3.50. The number of hydrogen-bond acceptors (Lipinski definition) is 3. The van der Waals surface area contributed by atoms with E-state index in [4.69, 9.17) is 0 Å². The van der Waals surface area contributed by atoms with E-state index in [1.165, 1.54) is 0 Å². The van der Waals surface area contributed by atoms with Crippen molar-refractivity contribution in [3.63, 3.8) is 0 Å². The molecule has 0 aliphatic carbocycles. The number of sulfonamides is 1. The summed E-state index contributed by atoms with van der Waals surface area (Å²) >= 11 is 1.60. The minimum Gasteiger partial charge on any atom is -0.263 e. The minimum absolute atomic E-state index is 0.0485. The molecule has 3 nitrogen and oxygen atoms in total. The predicted octanol–water partition coefficient (Wildman–Crippen LogP) is 3.55. The van der Waals surface area contributed by atoms with Crippen LogP contribution in [0.3, 0.4) is 0 Å². The summed E-state index contributed by atoms with van der Waals surface area (Å²) in [6, 6.07) is 14.8. The standard InChI is InChI=1S/C16H17NO2S2/c1-12-11-13-5-3-4-6-16(13)17(12)21(18,19)15-9-7-14(20-2)8-10-15/h3-10,12H,11H2,1-2H3/t12-/m0/s1. The lowest BCUT2D eigenvalue weighted by molar-refractivity contribution is 0.584. The van der Waals surface area contributed by atoms with Gasteiger partial charge in [-0.2, -0.15) is 0 Å². The van der Waals surface area contributed by atoms with Gasteiger partial charge in [-0.3, -0.25) is 4.31 Å². The summed E-state index contributed by atoms with van der Waals surface area (Å²) < 4.78 is 27.4. The van der Waals surface area contributed by atoms with E-state index in [-0.39, 0.29) is 6.04 Å². The second-order valence-corrected chi connectivity index (χ2v) is 7.85. The first-order valence-corrected chi connectivity index (χ1v) is 9.47. The van der Waals surface area contributed by atoms with Crippen LogP contribution >= 0.6 is 11.8 Å². The number of rotatable bonds is 3. The van der Waals surface area contributed by atoms with E-state index < -0.39 is 10.0 Å². The maximum atomic E-state index is 12.9. The lowest BCUT2D eigenvalue weighted by Gasteiger charge is -2.24. The smallest absolute Gasteiger partial charge is 0.263 e. The maximum Gasteiger partial charge on any atom is 0.264 e. The number of nitrogens with zero attached hydrogens (tertiary/aromatic N) is 1. The molecule has 0 unspecified atom stereocenters. The molecule has 0 saturated heterocycles. The van der Waals surface area contributed by atoms with Gasteiger partial charge in [0.25, 0.3) is 10.0 Å². The van der Waals surface area contributed by atoms with E-state index >= 15 is 0 Å². The lowest BCUT2D eigenvalue weighted by atomic mass is 10.1. The van der Waals surface area contributed by atoms with Crippen molar-refractivity contribution in [2.45, 2.75) is 29.2 Å². The van der Waals surface area contributed by atoms with Gasteiger partial charge in [-0.25, -0.2) is 8.42 Å². The molecule has 0 bridgehead atoms. The first-order valence-electron chi connectivity index (χ1n) is 6.80. The van der Waals surface area contributed by atoms with Crippen LogP contribution in [0.4, 0.5) is 5.69 Å². The average Bonchev–Trinajstić information content (AvgIpc) is 2.83. The van der Waals surface area contributed by atoms with Crippen LogP contribution in [0.25, 0.3) is 0 Å². The molecule has 1 aliphatic heterocycles. The normalized spacial score (nSPS) is 17.8. The van der Waals surface area contributed by atoms with Gasteiger partial charge in [0.15, 0.2) is 0 Å². The fourth-order valence-electron chi connectivity index (χ4n) is 2.76. The molecular weight excluding hydrogens is 302 g/mol. The highest BCUT2D eigenvalue weighted by Crippen LogP contribution is 2.36. The van der Waals surface area contributed by atoms with Crippen molar-refractivity contribution >= 4 is 27.5 Å². The summed E-state index contributed by atoms with van der Waals surface area (Å²) in [5.74, 6) is 0. The van der Waals surface area contributed by atoms with Gasteiger partial charge in [0, 0.05) is 10.9 Å². The van der Waals surface area contributed by atoms with Crippen molar-refractivity contribution in [3.8, 4) is 0 Å². The molecule has 0 amide bonds. The van der Waals surface area contributed by atoms with E-state index in [0.717, 1.165) is 22.6 Å².